The number of methoxy groups -OCH3 is 1. The smallest absolute Gasteiger partial charge is 0.222 e. The molecule has 1 aromatic heterocycles. The van der Waals surface area contributed by atoms with Gasteiger partial charge in [-0.25, -0.2) is 0 Å². The molecule has 96 valence electrons. The van der Waals surface area contributed by atoms with Gasteiger partial charge in [0.15, 0.2) is 0 Å². The second-order valence-electron chi connectivity index (χ2n) is 3.93. The van der Waals surface area contributed by atoms with E-state index in [1.54, 1.807) is 18.0 Å². The van der Waals surface area contributed by atoms with Crippen molar-refractivity contribution in [2.75, 3.05) is 20.2 Å². The van der Waals surface area contributed by atoms with E-state index in [2.05, 4.69) is 10.4 Å². The van der Waals surface area contributed by atoms with E-state index in [1.807, 2.05) is 13.1 Å². The van der Waals surface area contributed by atoms with E-state index in [9.17, 15) is 4.79 Å². The molecule has 0 bridgehead atoms. The quantitative estimate of drug-likeness (QED) is 0.684. The number of hydrogen-bond donors (Lipinski definition) is 2. The summed E-state index contributed by atoms with van der Waals surface area (Å²) in [5.41, 5.74) is 6.55. The summed E-state index contributed by atoms with van der Waals surface area (Å²) in [5.74, 6) is -0.0498. The number of nitrogens with zero attached hydrogens (tertiary/aromatic N) is 2. The third-order valence-electron chi connectivity index (χ3n) is 2.43. The maximum Gasteiger partial charge on any atom is 0.222 e. The summed E-state index contributed by atoms with van der Waals surface area (Å²) in [4.78, 5) is 11.5. The van der Waals surface area contributed by atoms with Crippen molar-refractivity contribution in [2.24, 2.45) is 5.73 Å². The van der Waals surface area contributed by atoms with Crippen molar-refractivity contribution >= 4 is 5.91 Å². The van der Waals surface area contributed by atoms with Gasteiger partial charge in [0.2, 0.25) is 5.91 Å². The molecule has 0 radical (unpaired) electrons. The number of rotatable bonds is 7. The van der Waals surface area contributed by atoms with E-state index in [-0.39, 0.29) is 12.0 Å². The molecule has 0 saturated heterocycles. The highest BCUT2D eigenvalue weighted by atomic mass is 16.5. The number of hydrogen-bond acceptors (Lipinski definition) is 4. The van der Waals surface area contributed by atoms with Crippen molar-refractivity contribution in [3.8, 4) is 0 Å². The third kappa shape index (κ3) is 4.97. The summed E-state index contributed by atoms with van der Waals surface area (Å²) < 4.78 is 6.83. The predicted octanol–water partition coefficient (Wildman–Crippen LogP) is -0.328. The van der Waals surface area contributed by atoms with Crippen molar-refractivity contribution in [3.05, 3.63) is 18.0 Å². The van der Waals surface area contributed by atoms with Gasteiger partial charge in [0.25, 0.3) is 0 Å². The molecule has 1 heterocycles. The Kier molecular flexibility index (Phi) is 5.65. The highest BCUT2D eigenvalue weighted by molar-refractivity contribution is 5.76. The Morgan fingerprint density at radius 2 is 2.47 bits per heavy atom. The Morgan fingerprint density at radius 3 is 3.00 bits per heavy atom. The van der Waals surface area contributed by atoms with Crippen LogP contribution in [0.4, 0.5) is 0 Å². The normalized spacial score (nSPS) is 12.4. The molecular weight excluding hydrogens is 220 g/mol. The SMILES string of the molecule is COC(CN)CC(=O)NCCn1cc(C)cn1. The number of aryl methyl sites for hydroxylation is 1. The van der Waals surface area contributed by atoms with Crippen LogP contribution in [0.2, 0.25) is 0 Å². The maximum atomic E-state index is 11.5. The Balaban J connectivity index is 2.20. The molecule has 0 fully saturated rings. The zero-order valence-electron chi connectivity index (χ0n) is 10.3. The number of nitrogens with two attached hydrogens (primary N) is 1. The molecule has 1 rings (SSSR count). The first kappa shape index (κ1) is 13.7. The van der Waals surface area contributed by atoms with E-state index < -0.39 is 0 Å². The van der Waals surface area contributed by atoms with Crippen molar-refractivity contribution < 1.29 is 9.53 Å². The summed E-state index contributed by atoms with van der Waals surface area (Å²) in [6.07, 6.45) is 3.81. The highest BCUT2D eigenvalue weighted by Crippen LogP contribution is 1.95. The van der Waals surface area contributed by atoms with Gasteiger partial charge in [-0.15, -0.1) is 0 Å². The fraction of sp³-hybridized carbons (Fsp3) is 0.636. The van der Waals surface area contributed by atoms with E-state index in [1.165, 1.54) is 0 Å². The Bertz CT molecular complexity index is 347. The topological polar surface area (TPSA) is 82.2 Å². The summed E-state index contributed by atoms with van der Waals surface area (Å²) >= 11 is 0. The molecule has 0 aliphatic rings. The average molecular weight is 240 g/mol. The summed E-state index contributed by atoms with van der Waals surface area (Å²) in [7, 11) is 1.55. The zero-order chi connectivity index (χ0) is 12.7. The van der Waals surface area contributed by atoms with Crippen LogP contribution < -0.4 is 11.1 Å². The fourth-order valence-corrected chi connectivity index (χ4v) is 1.44. The Morgan fingerprint density at radius 1 is 1.71 bits per heavy atom. The van der Waals surface area contributed by atoms with E-state index in [0.717, 1.165) is 5.56 Å². The van der Waals surface area contributed by atoms with Gasteiger partial charge in [0.05, 0.1) is 25.3 Å². The molecule has 1 amide bonds. The molecule has 1 atom stereocenters. The first-order valence-corrected chi connectivity index (χ1v) is 5.64. The van der Waals surface area contributed by atoms with Crippen LogP contribution in [0.15, 0.2) is 12.4 Å². The van der Waals surface area contributed by atoms with Crippen LogP contribution in [0.5, 0.6) is 0 Å². The molecule has 3 N–H and O–H groups in total. The van der Waals surface area contributed by atoms with Crippen LogP contribution in [0.25, 0.3) is 0 Å². The second kappa shape index (κ2) is 7.03. The summed E-state index contributed by atoms with van der Waals surface area (Å²) in [6, 6.07) is 0. The lowest BCUT2D eigenvalue weighted by Crippen LogP contribution is -2.33. The molecule has 6 heteroatoms. The number of carbonyl (C=O) groups is 1. The molecule has 0 spiro atoms. The Labute approximate surface area is 101 Å². The average Bonchev–Trinajstić information content (AvgIpc) is 2.72. The summed E-state index contributed by atoms with van der Waals surface area (Å²) in [6.45, 7) is 3.55. The first-order valence-electron chi connectivity index (χ1n) is 5.64. The fourth-order valence-electron chi connectivity index (χ4n) is 1.44. The van der Waals surface area contributed by atoms with Crippen molar-refractivity contribution in [1.82, 2.24) is 15.1 Å². The number of ether oxygens (including phenoxy) is 1. The third-order valence-corrected chi connectivity index (χ3v) is 2.43. The number of amides is 1. The largest absolute Gasteiger partial charge is 0.380 e. The van der Waals surface area contributed by atoms with Crippen molar-refractivity contribution in [2.45, 2.75) is 26.0 Å². The van der Waals surface area contributed by atoms with Gasteiger partial charge in [-0.3, -0.25) is 9.48 Å². The van der Waals surface area contributed by atoms with Gasteiger partial charge >= 0.3 is 0 Å². The van der Waals surface area contributed by atoms with Crippen LogP contribution in [0.1, 0.15) is 12.0 Å². The monoisotopic (exact) mass is 240 g/mol. The zero-order valence-corrected chi connectivity index (χ0v) is 10.3. The standard InChI is InChI=1S/C11H20N4O2/c1-9-7-14-15(8-9)4-3-13-11(16)5-10(6-12)17-2/h7-8,10H,3-6,12H2,1-2H3,(H,13,16). The molecule has 0 aliphatic heterocycles. The minimum Gasteiger partial charge on any atom is -0.380 e. The van der Waals surface area contributed by atoms with Crippen molar-refractivity contribution in [1.29, 1.82) is 0 Å². The molecule has 0 saturated carbocycles. The number of carbonyl (C=O) groups excluding carboxylic acids is 1. The second-order valence-corrected chi connectivity index (χ2v) is 3.93. The van der Waals surface area contributed by atoms with Crippen molar-refractivity contribution in [3.63, 3.8) is 0 Å². The molecule has 6 nitrogen and oxygen atoms in total. The molecule has 1 aromatic rings. The minimum atomic E-state index is -0.207. The van der Waals surface area contributed by atoms with E-state index in [0.29, 0.717) is 26.1 Å². The van der Waals surface area contributed by atoms with Crippen LogP contribution in [-0.2, 0) is 16.1 Å². The van der Waals surface area contributed by atoms with Gasteiger partial charge < -0.3 is 15.8 Å². The van der Waals surface area contributed by atoms with Gasteiger partial charge in [-0.2, -0.15) is 5.10 Å². The van der Waals surface area contributed by atoms with E-state index in [4.69, 9.17) is 10.5 Å². The van der Waals surface area contributed by atoms with Gasteiger partial charge in [-0.1, -0.05) is 0 Å². The minimum absolute atomic E-state index is 0.0498. The number of nitrogens with one attached hydrogen (secondary N) is 1. The molecule has 17 heavy (non-hydrogen) atoms. The van der Waals surface area contributed by atoms with Gasteiger partial charge in [0.1, 0.15) is 0 Å². The van der Waals surface area contributed by atoms with Crippen LogP contribution in [0, 0.1) is 6.92 Å². The predicted molar refractivity (Wildman–Crippen MR) is 64.4 cm³/mol. The van der Waals surface area contributed by atoms with Crippen LogP contribution in [0.3, 0.4) is 0 Å². The Hall–Kier alpha value is -1.40. The van der Waals surface area contributed by atoms with Crippen LogP contribution >= 0.6 is 0 Å². The molecular formula is C11H20N4O2. The van der Waals surface area contributed by atoms with Gasteiger partial charge in [0, 0.05) is 26.4 Å². The number of aromatic nitrogens is 2. The lowest BCUT2D eigenvalue weighted by Gasteiger charge is -2.12. The molecule has 1 unspecified atom stereocenters. The molecule has 0 aliphatic carbocycles. The molecule has 0 aromatic carbocycles. The van der Waals surface area contributed by atoms with Crippen LogP contribution in [-0.4, -0.2) is 42.0 Å². The summed E-state index contributed by atoms with van der Waals surface area (Å²) in [5, 5.41) is 6.93. The highest BCUT2D eigenvalue weighted by Gasteiger charge is 2.10. The lowest BCUT2D eigenvalue weighted by molar-refractivity contribution is -0.123. The van der Waals surface area contributed by atoms with E-state index >= 15 is 0 Å². The lowest BCUT2D eigenvalue weighted by atomic mass is 10.2. The maximum absolute atomic E-state index is 11.5. The van der Waals surface area contributed by atoms with Gasteiger partial charge in [-0.05, 0) is 12.5 Å². The first-order chi connectivity index (χ1) is 8.15.